The van der Waals surface area contributed by atoms with Crippen LogP contribution in [0.4, 0.5) is 13.2 Å². The lowest BCUT2D eigenvalue weighted by molar-refractivity contribution is -0.139. The third-order valence-electron chi connectivity index (χ3n) is 3.14. The van der Waals surface area contributed by atoms with E-state index in [9.17, 15) is 22.8 Å². The molecule has 130 valence electrons. The number of hydrogen-bond acceptors (Lipinski definition) is 3. The SMILES string of the molecule is O=C(NCc1ccccc1)C(=O)N/N=C\c1ccccc1C(F)(F)F. The van der Waals surface area contributed by atoms with Crippen molar-refractivity contribution in [2.24, 2.45) is 5.10 Å². The van der Waals surface area contributed by atoms with Crippen molar-refractivity contribution in [2.45, 2.75) is 12.7 Å². The first kappa shape index (κ1) is 18.2. The normalized spacial score (nSPS) is 11.3. The third-order valence-corrected chi connectivity index (χ3v) is 3.14. The van der Waals surface area contributed by atoms with Crippen LogP contribution in [0.3, 0.4) is 0 Å². The monoisotopic (exact) mass is 349 g/mol. The molecule has 0 radical (unpaired) electrons. The second-order valence-electron chi connectivity index (χ2n) is 4.95. The number of amides is 2. The van der Waals surface area contributed by atoms with Crippen LogP contribution >= 0.6 is 0 Å². The van der Waals surface area contributed by atoms with Crippen LogP contribution in [-0.4, -0.2) is 18.0 Å². The molecule has 0 spiro atoms. The highest BCUT2D eigenvalue weighted by molar-refractivity contribution is 6.35. The quantitative estimate of drug-likeness (QED) is 0.506. The fourth-order valence-corrected chi connectivity index (χ4v) is 1.94. The highest BCUT2D eigenvalue weighted by Crippen LogP contribution is 2.30. The van der Waals surface area contributed by atoms with E-state index in [0.717, 1.165) is 17.8 Å². The summed E-state index contributed by atoms with van der Waals surface area (Å²) in [7, 11) is 0. The van der Waals surface area contributed by atoms with Crippen LogP contribution in [0.1, 0.15) is 16.7 Å². The van der Waals surface area contributed by atoms with Crippen molar-refractivity contribution in [1.82, 2.24) is 10.7 Å². The lowest BCUT2D eigenvalue weighted by atomic mass is 10.1. The van der Waals surface area contributed by atoms with Crippen molar-refractivity contribution in [3.63, 3.8) is 0 Å². The first-order valence-electron chi connectivity index (χ1n) is 7.19. The summed E-state index contributed by atoms with van der Waals surface area (Å²) in [4.78, 5) is 23.2. The predicted molar refractivity (Wildman–Crippen MR) is 85.5 cm³/mol. The maximum absolute atomic E-state index is 12.8. The number of nitrogens with one attached hydrogen (secondary N) is 2. The van der Waals surface area contributed by atoms with Crippen molar-refractivity contribution in [1.29, 1.82) is 0 Å². The Morgan fingerprint density at radius 3 is 2.28 bits per heavy atom. The minimum Gasteiger partial charge on any atom is -0.344 e. The number of alkyl halides is 3. The number of hydrogen-bond donors (Lipinski definition) is 2. The average Bonchev–Trinajstić information content (AvgIpc) is 2.60. The minimum atomic E-state index is -4.54. The molecule has 2 aromatic rings. The summed E-state index contributed by atoms with van der Waals surface area (Å²) in [6.45, 7) is 0.147. The fraction of sp³-hybridized carbons (Fsp3) is 0.118. The molecule has 2 amide bonds. The summed E-state index contributed by atoms with van der Waals surface area (Å²) >= 11 is 0. The average molecular weight is 349 g/mol. The van der Waals surface area contributed by atoms with Gasteiger partial charge in [-0.1, -0.05) is 48.5 Å². The molecule has 2 N–H and O–H groups in total. The predicted octanol–water partition coefficient (Wildman–Crippen LogP) is 2.47. The molecule has 0 heterocycles. The van der Waals surface area contributed by atoms with Gasteiger partial charge in [0.2, 0.25) is 0 Å². The zero-order chi connectivity index (χ0) is 18.3. The van der Waals surface area contributed by atoms with E-state index in [-0.39, 0.29) is 12.1 Å². The van der Waals surface area contributed by atoms with Crippen LogP contribution < -0.4 is 10.7 Å². The molecule has 0 saturated carbocycles. The molecule has 2 aromatic carbocycles. The summed E-state index contributed by atoms with van der Waals surface area (Å²) in [5.41, 5.74) is 1.58. The molecule has 0 atom stereocenters. The molecule has 2 rings (SSSR count). The highest BCUT2D eigenvalue weighted by atomic mass is 19.4. The Balaban J connectivity index is 1.91. The Hall–Kier alpha value is -3.16. The van der Waals surface area contributed by atoms with Gasteiger partial charge in [0.1, 0.15) is 0 Å². The first-order chi connectivity index (χ1) is 11.9. The smallest absolute Gasteiger partial charge is 0.344 e. The van der Waals surface area contributed by atoms with Crippen LogP contribution in [0, 0.1) is 0 Å². The second-order valence-corrected chi connectivity index (χ2v) is 4.95. The van der Waals surface area contributed by atoms with Crippen LogP contribution in [0.5, 0.6) is 0 Å². The van der Waals surface area contributed by atoms with E-state index < -0.39 is 23.6 Å². The summed E-state index contributed by atoms with van der Waals surface area (Å²) in [5, 5.41) is 5.78. The van der Waals surface area contributed by atoms with Gasteiger partial charge >= 0.3 is 18.0 Å². The lowest BCUT2D eigenvalue weighted by Crippen LogP contribution is -2.37. The number of halogens is 3. The maximum Gasteiger partial charge on any atom is 0.417 e. The van der Waals surface area contributed by atoms with Gasteiger partial charge in [-0.05, 0) is 11.6 Å². The van der Waals surface area contributed by atoms with E-state index in [1.165, 1.54) is 18.2 Å². The van der Waals surface area contributed by atoms with Crippen LogP contribution in [0.2, 0.25) is 0 Å². The summed E-state index contributed by atoms with van der Waals surface area (Å²) in [5.74, 6) is -2.01. The van der Waals surface area contributed by atoms with Crippen LogP contribution in [0.25, 0.3) is 0 Å². The van der Waals surface area contributed by atoms with E-state index in [1.807, 2.05) is 11.5 Å². The number of rotatable bonds is 4. The number of nitrogens with zero attached hydrogens (tertiary/aromatic N) is 1. The highest BCUT2D eigenvalue weighted by Gasteiger charge is 2.32. The number of hydrazone groups is 1. The molecule has 0 unspecified atom stereocenters. The number of benzene rings is 2. The summed E-state index contributed by atoms with van der Waals surface area (Å²) in [6.07, 6.45) is -3.70. The van der Waals surface area contributed by atoms with Crippen molar-refractivity contribution >= 4 is 18.0 Å². The molecule has 8 heteroatoms. The van der Waals surface area contributed by atoms with E-state index in [0.29, 0.717) is 0 Å². The molecule has 0 bridgehead atoms. The molecule has 0 aromatic heterocycles. The van der Waals surface area contributed by atoms with E-state index in [1.54, 1.807) is 24.3 Å². The van der Waals surface area contributed by atoms with Gasteiger partial charge in [-0.15, -0.1) is 0 Å². The number of carbonyl (C=O) groups excluding carboxylic acids is 2. The van der Waals surface area contributed by atoms with Crippen molar-refractivity contribution in [3.8, 4) is 0 Å². The standard InChI is InChI=1S/C17H14F3N3O2/c18-17(19,20)14-9-5-4-8-13(14)11-22-23-16(25)15(24)21-10-12-6-2-1-3-7-12/h1-9,11H,10H2,(H,21,24)(H,23,25)/b22-11-. The molecule has 5 nitrogen and oxygen atoms in total. The largest absolute Gasteiger partial charge is 0.417 e. The van der Waals surface area contributed by atoms with E-state index in [2.05, 4.69) is 10.4 Å². The third kappa shape index (κ3) is 5.45. The van der Waals surface area contributed by atoms with Gasteiger partial charge in [-0.25, -0.2) is 5.43 Å². The van der Waals surface area contributed by atoms with Gasteiger partial charge in [0.05, 0.1) is 11.8 Å². The van der Waals surface area contributed by atoms with E-state index >= 15 is 0 Å². The Morgan fingerprint density at radius 2 is 1.60 bits per heavy atom. The zero-order valence-electron chi connectivity index (χ0n) is 12.9. The molecule has 0 fully saturated rings. The molecule has 0 aliphatic rings. The fourth-order valence-electron chi connectivity index (χ4n) is 1.94. The second kappa shape index (κ2) is 8.09. The Labute approximate surface area is 141 Å². The van der Waals surface area contributed by atoms with Crippen molar-refractivity contribution in [2.75, 3.05) is 0 Å². The van der Waals surface area contributed by atoms with Crippen molar-refractivity contribution in [3.05, 3.63) is 71.3 Å². The van der Waals surface area contributed by atoms with Gasteiger partial charge in [0.25, 0.3) is 0 Å². The van der Waals surface area contributed by atoms with Crippen molar-refractivity contribution < 1.29 is 22.8 Å². The molecule has 25 heavy (non-hydrogen) atoms. The van der Waals surface area contributed by atoms with Crippen LogP contribution in [-0.2, 0) is 22.3 Å². The topological polar surface area (TPSA) is 70.6 Å². The molecule has 0 saturated heterocycles. The molecular formula is C17H14F3N3O2. The Kier molecular flexibility index (Phi) is 5.89. The van der Waals surface area contributed by atoms with Gasteiger partial charge < -0.3 is 5.32 Å². The maximum atomic E-state index is 12.8. The summed E-state index contributed by atoms with van der Waals surface area (Å²) < 4.78 is 38.4. The van der Waals surface area contributed by atoms with Crippen LogP contribution in [0.15, 0.2) is 59.7 Å². The van der Waals surface area contributed by atoms with Gasteiger partial charge in [-0.2, -0.15) is 18.3 Å². The minimum absolute atomic E-state index is 0.147. The Morgan fingerprint density at radius 1 is 0.960 bits per heavy atom. The molecule has 0 aliphatic heterocycles. The Bertz CT molecular complexity index is 774. The number of carbonyl (C=O) groups is 2. The van der Waals surface area contributed by atoms with Gasteiger partial charge in [0.15, 0.2) is 0 Å². The summed E-state index contributed by atoms with van der Waals surface area (Å²) in [6, 6.07) is 13.7. The van der Waals surface area contributed by atoms with Gasteiger partial charge in [0, 0.05) is 12.1 Å². The van der Waals surface area contributed by atoms with E-state index in [4.69, 9.17) is 0 Å². The first-order valence-corrected chi connectivity index (χ1v) is 7.19. The zero-order valence-corrected chi connectivity index (χ0v) is 12.9. The van der Waals surface area contributed by atoms with Gasteiger partial charge in [-0.3, -0.25) is 9.59 Å². The molecule has 0 aliphatic carbocycles. The lowest BCUT2D eigenvalue weighted by Gasteiger charge is -2.09. The molecular weight excluding hydrogens is 335 g/mol.